The van der Waals surface area contributed by atoms with Crippen molar-refractivity contribution in [3.05, 3.63) is 87.4 Å². The van der Waals surface area contributed by atoms with Crippen LogP contribution in [0.2, 0.25) is 0 Å². The van der Waals surface area contributed by atoms with Gasteiger partial charge in [-0.1, -0.05) is 37.5 Å². The SMILES string of the molecule is C[C@@H]1N=CC(Br)=C2N=C(C3CCCN(C(=O)c4ccc(C5CCCCC5)cc4)C3)C=C(NCc3cccnc3)CC21. The average molecular weight is 615 g/mol. The van der Waals surface area contributed by atoms with Gasteiger partial charge >= 0.3 is 0 Å². The highest BCUT2D eigenvalue weighted by atomic mass is 79.9. The number of hydrogen-bond donors (Lipinski definition) is 1. The van der Waals surface area contributed by atoms with Crippen molar-refractivity contribution in [2.24, 2.45) is 21.8 Å². The second-order valence-corrected chi connectivity index (χ2v) is 12.9. The first kappa shape index (κ1) is 28.1. The van der Waals surface area contributed by atoms with Crippen LogP contribution in [0.5, 0.6) is 0 Å². The molecule has 4 aliphatic rings. The molecule has 0 spiro atoms. The Morgan fingerprint density at radius 2 is 1.85 bits per heavy atom. The molecule has 0 radical (unpaired) electrons. The highest BCUT2D eigenvalue weighted by Gasteiger charge is 2.33. The Kier molecular flexibility index (Phi) is 8.80. The molecule has 7 heteroatoms. The van der Waals surface area contributed by atoms with Gasteiger partial charge in [-0.05, 0) is 96.3 Å². The Balaban J connectivity index is 1.21. The van der Waals surface area contributed by atoms with Crippen LogP contribution in [0.4, 0.5) is 0 Å². The van der Waals surface area contributed by atoms with Crippen LogP contribution in [0.25, 0.3) is 0 Å². The zero-order chi connectivity index (χ0) is 28.2. The van der Waals surface area contributed by atoms with Gasteiger partial charge in [0.05, 0.1) is 16.2 Å². The van der Waals surface area contributed by atoms with Crippen LogP contribution in [0.15, 0.2) is 80.7 Å². The van der Waals surface area contributed by atoms with E-state index >= 15 is 0 Å². The van der Waals surface area contributed by atoms with Crippen molar-refractivity contribution >= 4 is 33.8 Å². The van der Waals surface area contributed by atoms with Crippen molar-refractivity contribution in [2.45, 2.75) is 76.8 Å². The Bertz CT molecular complexity index is 1360. The van der Waals surface area contributed by atoms with E-state index in [1.807, 2.05) is 23.4 Å². The van der Waals surface area contributed by atoms with Crippen LogP contribution in [0.3, 0.4) is 0 Å². The smallest absolute Gasteiger partial charge is 0.253 e. The number of likely N-dealkylation sites (tertiary alicyclic amines) is 1. The Morgan fingerprint density at radius 1 is 1.05 bits per heavy atom. The summed E-state index contributed by atoms with van der Waals surface area (Å²) in [6, 6.07) is 12.7. The average Bonchev–Trinajstić information content (AvgIpc) is 3.24. The Hall–Kier alpha value is -3.06. The lowest BCUT2D eigenvalue weighted by Gasteiger charge is -2.33. The van der Waals surface area contributed by atoms with E-state index in [0.717, 1.165) is 52.8 Å². The lowest BCUT2D eigenvalue weighted by Crippen LogP contribution is -2.42. The second kappa shape index (κ2) is 12.8. The third-order valence-corrected chi connectivity index (χ3v) is 9.83. The van der Waals surface area contributed by atoms with Gasteiger partial charge in [0.15, 0.2) is 0 Å². The zero-order valence-electron chi connectivity index (χ0n) is 23.9. The number of nitrogens with zero attached hydrogens (tertiary/aromatic N) is 4. The number of dihydropyridines is 1. The summed E-state index contributed by atoms with van der Waals surface area (Å²) >= 11 is 3.75. The van der Waals surface area contributed by atoms with E-state index in [1.54, 1.807) is 6.20 Å². The molecular formula is C34H40BrN5O. The maximum atomic E-state index is 13.6. The van der Waals surface area contributed by atoms with Crippen molar-refractivity contribution in [1.29, 1.82) is 0 Å². The number of aliphatic imine (C=N–C) groups is 2. The van der Waals surface area contributed by atoms with Gasteiger partial charge in [0.2, 0.25) is 0 Å². The number of amides is 1. The van der Waals surface area contributed by atoms with Crippen molar-refractivity contribution < 1.29 is 4.79 Å². The molecule has 6 nitrogen and oxygen atoms in total. The molecule has 1 N–H and O–H groups in total. The summed E-state index contributed by atoms with van der Waals surface area (Å²) in [5.41, 5.74) is 6.62. The fourth-order valence-corrected chi connectivity index (χ4v) is 7.28. The summed E-state index contributed by atoms with van der Waals surface area (Å²) in [5.74, 6) is 1.17. The quantitative estimate of drug-likeness (QED) is 0.374. The van der Waals surface area contributed by atoms with Crippen molar-refractivity contribution in [1.82, 2.24) is 15.2 Å². The Morgan fingerprint density at radius 3 is 2.63 bits per heavy atom. The fraction of sp³-hybridized carbons (Fsp3) is 0.471. The highest BCUT2D eigenvalue weighted by Crippen LogP contribution is 2.37. The van der Waals surface area contributed by atoms with Gasteiger partial charge in [-0.2, -0.15) is 0 Å². The second-order valence-electron chi connectivity index (χ2n) is 12.0. The number of carbonyl (C=O) groups is 1. The number of rotatable bonds is 6. The largest absolute Gasteiger partial charge is 0.384 e. The van der Waals surface area contributed by atoms with E-state index in [4.69, 9.17) is 9.98 Å². The van der Waals surface area contributed by atoms with Gasteiger partial charge in [-0.3, -0.25) is 19.8 Å². The molecule has 1 amide bonds. The van der Waals surface area contributed by atoms with Gasteiger partial charge in [0, 0.05) is 67.1 Å². The minimum Gasteiger partial charge on any atom is -0.384 e. The lowest BCUT2D eigenvalue weighted by molar-refractivity contribution is 0.0703. The van der Waals surface area contributed by atoms with E-state index in [2.05, 4.69) is 69.6 Å². The van der Waals surface area contributed by atoms with Gasteiger partial charge in [0.1, 0.15) is 0 Å². The van der Waals surface area contributed by atoms with E-state index in [9.17, 15) is 4.79 Å². The predicted molar refractivity (Wildman–Crippen MR) is 170 cm³/mol. The molecule has 1 saturated carbocycles. The van der Waals surface area contributed by atoms with Crippen LogP contribution in [-0.2, 0) is 6.54 Å². The summed E-state index contributed by atoms with van der Waals surface area (Å²) < 4.78 is 0.960. The van der Waals surface area contributed by atoms with Crippen LogP contribution in [0.1, 0.15) is 85.7 Å². The monoisotopic (exact) mass is 613 g/mol. The summed E-state index contributed by atoms with van der Waals surface area (Å²) in [6.45, 7) is 4.36. The molecule has 2 fully saturated rings. The highest BCUT2D eigenvalue weighted by molar-refractivity contribution is 9.12. The maximum Gasteiger partial charge on any atom is 0.253 e. The van der Waals surface area contributed by atoms with Crippen molar-refractivity contribution in [3.8, 4) is 0 Å². The molecule has 1 aromatic carbocycles. The van der Waals surface area contributed by atoms with Gasteiger partial charge in [-0.15, -0.1) is 0 Å². The molecule has 4 heterocycles. The third kappa shape index (κ3) is 6.56. The Labute approximate surface area is 252 Å². The number of piperidine rings is 1. The van der Waals surface area contributed by atoms with E-state index in [1.165, 1.54) is 43.4 Å². The number of benzene rings is 1. The van der Waals surface area contributed by atoms with Crippen molar-refractivity contribution in [2.75, 3.05) is 13.1 Å². The number of carbonyl (C=O) groups excluding carboxylic acids is 1. The number of fused-ring (bicyclic) bond motifs is 1. The third-order valence-electron chi connectivity index (χ3n) is 9.22. The lowest BCUT2D eigenvalue weighted by atomic mass is 9.84. The van der Waals surface area contributed by atoms with E-state index < -0.39 is 0 Å². The molecule has 3 atom stereocenters. The summed E-state index contributed by atoms with van der Waals surface area (Å²) in [6.07, 6.45) is 17.2. The number of nitrogens with one attached hydrogen (secondary N) is 1. The number of halogens is 1. The van der Waals surface area contributed by atoms with Crippen molar-refractivity contribution in [3.63, 3.8) is 0 Å². The summed E-state index contributed by atoms with van der Waals surface area (Å²) in [5, 5.41) is 3.68. The van der Waals surface area contributed by atoms with Gasteiger partial charge < -0.3 is 10.2 Å². The summed E-state index contributed by atoms with van der Waals surface area (Å²) in [7, 11) is 0. The molecule has 2 unspecified atom stereocenters. The fourth-order valence-electron chi connectivity index (χ4n) is 6.78. The molecule has 1 aliphatic carbocycles. The first-order chi connectivity index (χ1) is 20.0. The molecule has 3 aliphatic heterocycles. The van der Waals surface area contributed by atoms with E-state index in [0.29, 0.717) is 19.0 Å². The molecule has 214 valence electrons. The number of allylic oxidation sites excluding steroid dienone is 3. The first-order valence-corrected chi connectivity index (χ1v) is 16.1. The minimum atomic E-state index is 0.134. The predicted octanol–water partition coefficient (Wildman–Crippen LogP) is 7.20. The summed E-state index contributed by atoms with van der Waals surface area (Å²) in [4.78, 5) is 30.0. The molecule has 0 bridgehead atoms. The standard InChI is InChI=1S/C34H40BrN5O/c1-23-30-17-29(38-20-24-7-5-15-36-19-24)18-32(39-33(30)31(35)21-37-23)28-10-6-16-40(22-28)34(41)27-13-11-26(12-14-27)25-8-3-2-4-9-25/h5,7,11-15,18-19,21,23,25,28,30,38H,2-4,6,8-10,16-17,20,22H2,1H3/t23-,28?,30?/m0/s1. The molecule has 41 heavy (non-hydrogen) atoms. The number of pyridine rings is 1. The number of hydrogen-bond acceptors (Lipinski definition) is 5. The molecule has 1 aromatic heterocycles. The van der Waals surface area contributed by atoms with Crippen LogP contribution >= 0.6 is 15.9 Å². The molecule has 1 saturated heterocycles. The first-order valence-electron chi connectivity index (χ1n) is 15.3. The van der Waals surface area contributed by atoms with Gasteiger partial charge in [-0.25, -0.2) is 0 Å². The van der Waals surface area contributed by atoms with Crippen LogP contribution in [0, 0.1) is 11.8 Å². The molecule has 2 aromatic rings. The van der Waals surface area contributed by atoms with E-state index in [-0.39, 0.29) is 23.8 Å². The zero-order valence-corrected chi connectivity index (χ0v) is 25.5. The van der Waals surface area contributed by atoms with Crippen LogP contribution < -0.4 is 5.32 Å². The number of aromatic nitrogens is 1. The van der Waals surface area contributed by atoms with Crippen LogP contribution in [-0.4, -0.2) is 46.8 Å². The molecular weight excluding hydrogens is 574 g/mol. The normalized spacial score (nSPS) is 25.2. The minimum absolute atomic E-state index is 0.134. The van der Waals surface area contributed by atoms with Gasteiger partial charge in [0.25, 0.3) is 5.91 Å². The molecule has 6 rings (SSSR count). The maximum absolute atomic E-state index is 13.6. The topological polar surface area (TPSA) is 70.0 Å².